The van der Waals surface area contributed by atoms with E-state index >= 15 is 0 Å². The molecule has 9 heteroatoms. The van der Waals surface area contributed by atoms with E-state index in [4.69, 9.17) is 9.72 Å². The van der Waals surface area contributed by atoms with Crippen LogP contribution in [0.15, 0.2) is 30.5 Å². The quantitative estimate of drug-likeness (QED) is 0.610. The second-order valence-corrected chi connectivity index (χ2v) is 9.41. The zero-order valence-corrected chi connectivity index (χ0v) is 19.1. The topological polar surface area (TPSA) is 107 Å². The summed E-state index contributed by atoms with van der Waals surface area (Å²) in [4.78, 5) is 21.0. The molecular formula is C23H31N7O2. The van der Waals surface area contributed by atoms with Crippen LogP contribution in [0.3, 0.4) is 0 Å². The summed E-state index contributed by atoms with van der Waals surface area (Å²) in [5, 5.41) is 15.0. The lowest BCUT2D eigenvalue weighted by atomic mass is 9.87. The molecule has 1 amide bonds. The van der Waals surface area contributed by atoms with Gasteiger partial charge in [0.25, 0.3) is 0 Å². The normalized spacial score (nSPS) is 19.1. The number of nitrogens with zero attached hydrogens (tertiary/aromatic N) is 5. The van der Waals surface area contributed by atoms with Gasteiger partial charge in [-0.15, -0.1) is 5.10 Å². The summed E-state index contributed by atoms with van der Waals surface area (Å²) in [7, 11) is 1.52. The Labute approximate surface area is 188 Å². The third kappa shape index (κ3) is 5.04. The number of rotatable bonds is 6. The molecule has 2 heterocycles. The highest BCUT2D eigenvalue weighted by Gasteiger charge is 2.24. The molecule has 1 fully saturated rings. The van der Waals surface area contributed by atoms with Crippen molar-refractivity contribution in [2.75, 3.05) is 19.0 Å². The summed E-state index contributed by atoms with van der Waals surface area (Å²) in [5.41, 5.74) is 3.55. The number of anilines is 1. The molecule has 1 aromatic carbocycles. The molecule has 0 aliphatic heterocycles. The van der Waals surface area contributed by atoms with E-state index in [2.05, 4.69) is 58.8 Å². The smallest absolute Gasteiger partial charge is 0.246 e. The predicted octanol–water partition coefficient (Wildman–Crippen LogP) is 2.99. The van der Waals surface area contributed by atoms with Gasteiger partial charge in [0.15, 0.2) is 11.2 Å². The molecule has 2 aromatic heterocycles. The molecule has 2 unspecified atom stereocenters. The van der Waals surface area contributed by atoms with Gasteiger partial charge in [-0.25, -0.2) is 4.98 Å². The number of ether oxygens (including phenoxy) is 1. The molecule has 2 N–H and O–H groups in total. The number of aromatic nitrogens is 5. The monoisotopic (exact) mass is 437 g/mol. The van der Waals surface area contributed by atoms with Crippen LogP contribution in [0.5, 0.6) is 0 Å². The minimum absolute atomic E-state index is 0.0803. The van der Waals surface area contributed by atoms with Crippen molar-refractivity contribution < 1.29 is 9.53 Å². The van der Waals surface area contributed by atoms with E-state index < -0.39 is 0 Å². The van der Waals surface area contributed by atoms with Gasteiger partial charge in [0.05, 0.1) is 11.9 Å². The standard InChI is InChI=1S/C23H31N7O2/c1-23(2,3)15-8-10-18(11-9-15)30-21-19(28-29-30)13-24-22(27-21)26-17-7-5-6-16(12-17)25-20(31)14-32-4/h8-11,13,16-17H,5-7,12,14H2,1-4H3,(H,25,31)(H,24,26,27). The van der Waals surface area contributed by atoms with Crippen molar-refractivity contribution in [1.82, 2.24) is 30.3 Å². The minimum atomic E-state index is -0.0803. The molecule has 0 radical (unpaired) electrons. The molecule has 0 spiro atoms. The lowest BCUT2D eigenvalue weighted by molar-refractivity contribution is -0.125. The number of hydrogen-bond acceptors (Lipinski definition) is 7. The van der Waals surface area contributed by atoms with Crippen LogP contribution in [-0.2, 0) is 14.9 Å². The Morgan fingerprint density at radius 1 is 1.19 bits per heavy atom. The maximum absolute atomic E-state index is 11.8. The second-order valence-electron chi connectivity index (χ2n) is 9.41. The van der Waals surface area contributed by atoms with Crippen molar-refractivity contribution in [3.05, 3.63) is 36.0 Å². The highest BCUT2D eigenvalue weighted by atomic mass is 16.5. The SMILES string of the molecule is COCC(=O)NC1CCCC(Nc2ncc3nnn(-c4ccc(C(C)(C)C)cc4)c3n2)C1. The summed E-state index contributed by atoms with van der Waals surface area (Å²) in [5.74, 6) is 0.463. The first kappa shape index (κ1) is 22.1. The molecule has 1 aliphatic carbocycles. The van der Waals surface area contributed by atoms with Gasteiger partial charge in [0.1, 0.15) is 6.61 Å². The van der Waals surface area contributed by atoms with Crippen molar-refractivity contribution in [3.8, 4) is 5.69 Å². The van der Waals surface area contributed by atoms with E-state index in [1.165, 1.54) is 12.7 Å². The van der Waals surface area contributed by atoms with Crippen LogP contribution in [0.25, 0.3) is 16.9 Å². The Hall–Kier alpha value is -3.07. The zero-order chi connectivity index (χ0) is 22.7. The Morgan fingerprint density at radius 3 is 2.66 bits per heavy atom. The lowest BCUT2D eigenvalue weighted by Gasteiger charge is -2.30. The predicted molar refractivity (Wildman–Crippen MR) is 123 cm³/mol. The molecule has 0 bridgehead atoms. The van der Waals surface area contributed by atoms with Gasteiger partial charge in [0, 0.05) is 19.2 Å². The summed E-state index contributed by atoms with van der Waals surface area (Å²) < 4.78 is 6.65. The molecule has 32 heavy (non-hydrogen) atoms. The van der Waals surface area contributed by atoms with Gasteiger partial charge in [-0.2, -0.15) is 9.67 Å². The summed E-state index contributed by atoms with van der Waals surface area (Å²) in [6, 6.07) is 8.62. The van der Waals surface area contributed by atoms with Gasteiger partial charge in [-0.1, -0.05) is 38.1 Å². The van der Waals surface area contributed by atoms with E-state index in [9.17, 15) is 4.79 Å². The Morgan fingerprint density at radius 2 is 1.94 bits per heavy atom. The van der Waals surface area contributed by atoms with Crippen molar-refractivity contribution in [2.24, 2.45) is 0 Å². The van der Waals surface area contributed by atoms with Gasteiger partial charge in [0.2, 0.25) is 11.9 Å². The Balaban J connectivity index is 1.50. The van der Waals surface area contributed by atoms with Gasteiger partial charge < -0.3 is 15.4 Å². The third-order valence-corrected chi connectivity index (χ3v) is 5.82. The first-order valence-corrected chi connectivity index (χ1v) is 11.1. The number of hydrogen-bond donors (Lipinski definition) is 2. The molecule has 3 aromatic rings. The van der Waals surface area contributed by atoms with Crippen LogP contribution < -0.4 is 10.6 Å². The molecule has 4 rings (SSSR count). The molecule has 9 nitrogen and oxygen atoms in total. The number of methoxy groups -OCH3 is 1. The highest BCUT2D eigenvalue weighted by Crippen LogP contribution is 2.25. The number of amides is 1. The summed E-state index contributed by atoms with van der Waals surface area (Å²) >= 11 is 0. The van der Waals surface area contributed by atoms with E-state index in [-0.39, 0.29) is 30.0 Å². The molecule has 170 valence electrons. The number of carbonyl (C=O) groups excluding carboxylic acids is 1. The van der Waals surface area contributed by atoms with Crippen LogP contribution in [0.4, 0.5) is 5.95 Å². The number of fused-ring (bicyclic) bond motifs is 1. The molecule has 1 aliphatic rings. The van der Waals surface area contributed by atoms with Crippen LogP contribution in [0.2, 0.25) is 0 Å². The Bertz CT molecular complexity index is 1070. The van der Waals surface area contributed by atoms with Crippen molar-refractivity contribution in [1.29, 1.82) is 0 Å². The average molecular weight is 438 g/mol. The van der Waals surface area contributed by atoms with E-state index in [0.29, 0.717) is 17.1 Å². The molecular weight excluding hydrogens is 406 g/mol. The fourth-order valence-corrected chi connectivity index (χ4v) is 4.11. The number of benzene rings is 1. The third-order valence-electron chi connectivity index (χ3n) is 5.82. The van der Waals surface area contributed by atoms with Crippen LogP contribution in [0.1, 0.15) is 52.0 Å². The zero-order valence-electron chi connectivity index (χ0n) is 19.1. The molecule has 2 atom stereocenters. The number of carbonyl (C=O) groups is 1. The largest absolute Gasteiger partial charge is 0.375 e. The van der Waals surface area contributed by atoms with Crippen molar-refractivity contribution >= 4 is 23.0 Å². The first-order valence-electron chi connectivity index (χ1n) is 11.1. The van der Waals surface area contributed by atoms with Crippen molar-refractivity contribution in [2.45, 2.75) is 64.0 Å². The minimum Gasteiger partial charge on any atom is -0.375 e. The fraction of sp³-hybridized carbons (Fsp3) is 0.522. The maximum atomic E-state index is 11.8. The Kier molecular flexibility index (Phi) is 6.36. The average Bonchev–Trinajstić information content (AvgIpc) is 3.17. The van der Waals surface area contributed by atoms with E-state index in [1.807, 2.05) is 12.1 Å². The molecule has 0 saturated heterocycles. The van der Waals surface area contributed by atoms with Crippen LogP contribution in [-0.4, -0.2) is 56.7 Å². The van der Waals surface area contributed by atoms with Crippen LogP contribution in [0, 0.1) is 0 Å². The number of nitrogens with one attached hydrogen (secondary N) is 2. The van der Waals surface area contributed by atoms with Gasteiger partial charge >= 0.3 is 0 Å². The summed E-state index contributed by atoms with van der Waals surface area (Å²) in [6.45, 7) is 6.66. The van der Waals surface area contributed by atoms with E-state index in [0.717, 1.165) is 31.4 Å². The maximum Gasteiger partial charge on any atom is 0.246 e. The molecule has 1 saturated carbocycles. The van der Waals surface area contributed by atoms with Crippen LogP contribution >= 0.6 is 0 Å². The first-order chi connectivity index (χ1) is 15.3. The van der Waals surface area contributed by atoms with Gasteiger partial charge in [-0.3, -0.25) is 4.79 Å². The lowest BCUT2D eigenvalue weighted by Crippen LogP contribution is -2.43. The highest BCUT2D eigenvalue weighted by molar-refractivity contribution is 5.77. The van der Waals surface area contributed by atoms with E-state index in [1.54, 1.807) is 10.9 Å². The van der Waals surface area contributed by atoms with Gasteiger partial charge in [-0.05, 0) is 48.8 Å². The summed E-state index contributed by atoms with van der Waals surface area (Å²) in [6.07, 6.45) is 5.51. The van der Waals surface area contributed by atoms with Crippen molar-refractivity contribution in [3.63, 3.8) is 0 Å². The fourth-order valence-electron chi connectivity index (χ4n) is 4.11. The second kappa shape index (κ2) is 9.20.